The summed E-state index contributed by atoms with van der Waals surface area (Å²) < 4.78 is 27.2. The zero-order valence-electron chi connectivity index (χ0n) is 10.3. The van der Waals surface area contributed by atoms with Crippen LogP contribution in [0.5, 0.6) is 0 Å². The van der Waals surface area contributed by atoms with Gasteiger partial charge in [0.25, 0.3) is 0 Å². The van der Waals surface area contributed by atoms with Gasteiger partial charge in [0, 0.05) is 22.1 Å². The summed E-state index contributed by atoms with van der Waals surface area (Å²) in [5.41, 5.74) is 5.94. The number of nitrogens with one attached hydrogen (secondary N) is 1. The second-order valence-corrected chi connectivity index (χ2v) is 7.37. The first-order valence-electron chi connectivity index (χ1n) is 6.12. The van der Waals surface area contributed by atoms with Gasteiger partial charge in [0.15, 0.2) is 0 Å². The Bertz CT molecular complexity index is 543. The largest absolute Gasteiger partial charge is 0.326 e. The third-order valence-corrected chi connectivity index (χ3v) is 5.18. The van der Waals surface area contributed by atoms with Crippen LogP contribution in [-0.2, 0) is 10.0 Å². The molecule has 0 radical (unpaired) electrons. The minimum Gasteiger partial charge on any atom is -0.326 e. The molecule has 2 unspecified atom stereocenters. The van der Waals surface area contributed by atoms with Crippen molar-refractivity contribution in [2.45, 2.75) is 42.7 Å². The molecule has 2 atom stereocenters. The number of hydrogen-bond donors (Lipinski definition) is 2. The fourth-order valence-corrected chi connectivity index (χ4v) is 4.30. The van der Waals surface area contributed by atoms with Gasteiger partial charge in [-0.15, -0.1) is 0 Å². The predicted octanol–water partition coefficient (Wildman–Crippen LogP) is 2.54. The van der Waals surface area contributed by atoms with Gasteiger partial charge in [-0.25, -0.2) is 13.1 Å². The Morgan fingerprint density at radius 3 is 2.26 bits per heavy atom. The lowest BCUT2D eigenvalue weighted by atomic mass is 9.92. The molecule has 4 nitrogen and oxygen atoms in total. The first kappa shape index (κ1) is 15.1. The molecule has 0 saturated heterocycles. The van der Waals surface area contributed by atoms with Crippen molar-refractivity contribution in [3.05, 3.63) is 28.2 Å². The average molecular weight is 323 g/mol. The van der Waals surface area contributed by atoms with E-state index in [0.29, 0.717) is 10.0 Å². The summed E-state index contributed by atoms with van der Waals surface area (Å²) in [5, 5.41) is 0.585. The lowest BCUT2D eigenvalue weighted by Crippen LogP contribution is -2.49. The number of nitrogens with two attached hydrogens (primary N) is 1. The molecule has 1 aromatic carbocycles. The van der Waals surface area contributed by atoms with Crippen molar-refractivity contribution in [2.75, 3.05) is 0 Å². The van der Waals surface area contributed by atoms with Crippen molar-refractivity contribution in [1.29, 1.82) is 0 Å². The molecule has 0 amide bonds. The summed E-state index contributed by atoms with van der Waals surface area (Å²) in [7, 11) is -3.64. The van der Waals surface area contributed by atoms with E-state index in [1.54, 1.807) is 0 Å². The standard InChI is InChI=1S/C12H16Cl2N2O2S/c13-8-5-9(14)7-10(6-8)19(17,18)16-12-4-2-1-3-11(12)15/h5-7,11-12,16H,1-4,15H2. The van der Waals surface area contributed by atoms with Crippen molar-refractivity contribution >= 4 is 33.2 Å². The molecule has 19 heavy (non-hydrogen) atoms. The van der Waals surface area contributed by atoms with Gasteiger partial charge >= 0.3 is 0 Å². The highest BCUT2D eigenvalue weighted by molar-refractivity contribution is 7.89. The minimum absolute atomic E-state index is 0.0720. The quantitative estimate of drug-likeness (QED) is 0.898. The van der Waals surface area contributed by atoms with E-state index in [4.69, 9.17) is 28.9 Å². The van der Waals surface area contributed by atoms with E-state index < -0.39 is 10.0 Å². The van der Waals surface area contributed by atoms with Crippen LogP contribution < -0.4 is 10.5 Å². The maximum atomic E-state index is 12.3. The Kier molecular flexibility index (Phi) is 4.74. The van der Waals surface area contributed by atoms with E-state index in [-0.39, 0.29) is 17.0 Å². The lowest BCUT2D eigenvalue weighted by molar-refractivity contribution is 0.361. The van der Waals surface area contributed by atoms with Gasteiger partial charge in [-0.2, -0.15) is 0 Å². The van der Waals surface area contributed by atoms with E-state index in [9.17, 15) is 8.42 Å². The number of benzene rings is 1. The van der Waals surface area contributed by atoms with Crippen LogP contribution in [0.3, 0.4) is 0 Å². The van der Waals surface area contributed by atoms with E-state index in [1.165, 1.54) is 18.2 Å². The minimum atomic E-state index is -3.64. The Morgan fingerprint density at radius 1 is 1.11 bits per heavy atom. The van der Waals surface area contributed by atoms with Crippen LogP contribution in [0.1, 0.15) is 25.7 Å². The highest BCUT2D eigenvalue weighted by Crippen LogP contribution is 2.24. The van der Waals surface area contributed by atoms with Gasteiger partial charge in [0.1, 0.15) is 0 Å². The van der Waals surface area contributed by atoms with Gasteiger partial charge in [0.05, 0.1) is 4.90 Å². The fraction of sp³-hybridized carbons (Fsp3) is 0.500. The molecule has 0 aromatic heterocycles. The predicted molar refractivity (Wildman–Crippen MR) is 77.0 cm³/mol. The molecule has 0 bridgehead atoms. The highest BCUT2D eigenvalue weighted by atomic mass is 35.5. The summed E-state index contributed by atoms with van der Waals surface area (Å²) in [4.78, 5) is 0.0720. The second-order valence-electron chi connectivity index (χ2n) is 4.78. The zero-order valence-corrected chi connectivity index (χ0v) is 12.6. The van der Waals surface area contributed by atoms with Gasteiger partial charge in [-0.3, -0.25) is 0 Å². The van der Waals surface area contributed by atoms with E-state index in [1.807, 2.05) is 0 Å². The van der Waals surface area contributed by atoms with E-state index in [2.05, 4.69) is 4.72 Å². The summed E-state index contributed by atoms with van der Waals surface area (Å²) in [5.74, 6) is 0. The first-order chi connectivity index (χ1) is 8.88. The van der Waals surface area contributed by atoms with Crippen LogP contribution in [0.2, 0.25) is 10.0 Å². The maximum Gasteiger partial charge on any atom is 0.240 e. The molecule has 106 valence electrons. The fourth-order valence-electron chi connectivity index (χ4n) is 2.26. The first-order valence-corrected chi connectivity index (χ1v) is 8.36. The monoisotopic (exact) mass is 322 g/mol. The molecular formula is C12H16Cl2N2O2S. The molecule has 1 aliphatic carbocycles. The van der Waals surface area contributed by atoms with Crippen molar-refractivity contribution < 1.29 is 8.42 Å². The molecule has 1 aliphatic rings. The molecule has 1 aromatic rings. The van der Waals surface area contributed by atoms with Crippen LogP contribution in [-0.4, -0.2) is 20.5 Å². The summed E-state index contributed by atoms with van der Waals surface area (Å²) >= 11 is 11.7. The van der Waals surface area contributed by atoms with Gasteiger partial charge in [-0.1, -0.05) is 36.0 Å². The SMILES string of the molecule is NC1CCCCC1NS(=O)(=O)c1cc(Cl)cc(Cl)c1. The maximum absolute atomic E-state index is 12.3. The van der Waals surface area contributed by atoms with Crippen molar-refractivity contribution in [1.82, 2.24) is 4.72 Å². The third kappa shape index (κ3) is 3.83. The zero-order chi connectivity index (χ0) is 14.0. The molecule has 1 fully saturated rings. The third-order valence-electron chi connectivity index (χ3n) is 3.27. The van der Waals surface area contributed by atoms with Crippen molar-refractivity contribution in [3.8, 4) is 0 Å². The lowest BCUT2D eigenvalue weighted by Gasteiger charge is -2.29. The van der Waals surface area contributed by atoms with Gasteiger partial charge < -0.3 is 5.73 Å². The molecule has 3 N–H and O–H groups in total. The molecule has 0 aliphatic heterocycles. The Hall–Kier alpha value is -0.330. The van der Waals surface area contributed by atoms with Crippen LogP contribution in [0.4, 0.5) is 0 Å². The highest BCUT2D eigenvalue weighted by Gasteiger charge is 2.27. The average Bonchev–Trinajstić information content (AvgIpc) is 2.31. The molecule has 2 rings (SSSR count). The summed E-state index contributed by atoms with van der Waals surface area (Å²) in [6.07, 6.45) is 3.62. The van der Waals surface area contributed by atoms with Crippen molar-refractivity contribution in [2.24, 2.45) is 5.73 Å². The number of sulfonamides is 1. The summed E-state index contributed by atoms with van der Waals surface area (Å²) in [6, 6.07) is 3.89. The molecule has 7 heteroatoms. The molecule has 0 heterocycles. The van der Waals surface area contributed by atoms with Gasteiger partial charge in [-0.05, 0) is 31.0 Å². The molecular weight excluding hydrogens is 307 g/mol. The number of hydrogen-bond acceptors (Lipinski definition) is 3. The number of halogens is 2. The Balaban J connectivity index is 2.22. The van der Waals surface area contributed by atoms with Gasteiger partial charge in [0.2, 0.25) is 10.0 Å². The molecule has 0 spiro atoms. The Labute approximate surface area is 123 Å². The molecule has 1 saturated carbocycles. The number of rotatable bonds is 3. The van der Waals surface area contributed by atoms with Crippen LogP contribution in [0.15, 0.2) is 23.1 Å². The van der Waals surface area contributed by atoms with Crippen LogP contribution >= 0.6 is 23.2 Å². The topological polar surface area (TPSA) is 72.2 Å². The van der Waals surface area contributed by atoms with E-state index in [0.717, 1.165) is 25.7 Å². The second kappa shape index (κ2) is 5.97. The Morgan fingerprint density at radius 2 is 1.68 bits per heavy atom. The van der Waals surface area contributed by atoms with Crippen LogP contribution in [0.25, 0.3) is 0 Å². The van der Waals surface area contributed by atoms with Crippen molar-refractivity contribution in [3.63, 3.8) is 0 Å². The summed E-state index contributed by atoms with van der Waals surface area (Å²) in [6.45, 7) is 0. The normalized spacial score (nSPS) is 24.4. The van der Waals surface area contributed by atoms with E-state index >= 15 is 0 Å². The smallest absolute Gasteiger partial charge is 0.240 e. The van der Waals surface area contributed by atoms with Crippen LogP contribution in [0, 0.1) is 0 Å².